The fraction of sp³-hybridized carbons (Fsp3) is 0.104. The monoisotopic (exact) mass is 703 g/mol. The molecule has 1 aromatic heterocycles. The van der Waals surface area contributed by atoms with Crippen LogP contribution in [0.4, 0.5) is 0 Å². The topological polar surface area (TPSA) is 55.7 Å². The summed E-state index contributed by atoms with van der Waals surface area (Å²) in [5.41, 5.74) is 12.1. The minimum Gasteiger partial charge on any atom is -0.319 e. The lowest BCUT2D eigenvalue weighted by atomic mass is 9.79. The maximum atomic E-state index is 13.0. The van der Waals surface area contributed by atoms with E-state index in [1.54, 1.807) is 0 Å². The van der Waals surface area contributed by atoms with Crippen molar-refractivity contribution in [3.8, 4) is 67.5 Å². The molecular formula is C48H38N3OP. The van der Waals surface area contributed by atoms with Crippen molar-refractivity contribution in [3.05, 3.63) is 169 Å². The molecule has 9 rings (SSSR count). The molecule has 0 saturated heterocycles. The van der Waals surface area contributed by atoms with Crippen LogP contribution < -0.4 is 5.30 Å². The van der Waals surface area contributed by atoms with E-state index in [2.05, 4.69) is 98.8 Å². The summed E-state index contributed by atoms with van der Waals surface area (Å²) in [6.07, 6.45) is 0. The molecule has 0 bridgehead atoms. The summed E-state index contributed by atoms with van der Waals surface area (Å²) >= 11 is 0. The standard InChI is InChI=1S/C48H38N3OP/c1-48(2)42-22-14-13-21-40(42)43-41(30-34-19-11-12-20-39(34)44(43)48)36-27-35(31-23-25-38(26-24-31)53(3,4)52)28-37(29-36)47-50-45(32-15-7-5-8-16-32)49-46(51-47)33-17-9-6-10-18-33/h5-30H,1-4H3. The van der Waals surface area contributed by atoms with E-state index in [4.69, 9.17) is 15.0 Å². The van der Waals surface area contributed by atoms with E-state index in [0.29, 0.717) is 17.5 Å². The van der Waals surface area contributed by atoms with Gasteiger partial charge in [0.1, 0.15) is 7.14 Å². The Morgan fingerprint density at radius 3 is 1.64 bits per heavy atom. The second-order valence-corrected chi connectivity index (χ2v) is 18.0. The van der Waals surface area contributed by atoms with Gasteiger partial charge in [-0.25, -0.2) is 15.0 Å². The van der Waals surface area contributed by atoms with Crippen molar-refractivity contribution < 1.29 is 4.57 Å². The Balaban J connectivity index is 1.34. The first-order valence-electron chi connectivity index (χ1n) is 18.0. The molecule has 0 unspecified atom stereocenters. The van der Waals surface area contributed by atoms with Gasteiger partial charge in [0.2, 0.25) is 0 Å². The third-order valence-electron chi connectivity index (χ3n) is 10.6. The van der Waals surface area contributed by atoms with Crippen molar-refractivity contribution >= 4 is 23.2 Å². The van der Waals surface area contributed by atoms with Crippen LogP contribution in [-0.4, -0.2) is 28.3 Å². The molecule has 53 heavy (non-hydrogen) atoms. The van der Waals surface area contributed by atoms with E-state index in [-0.39, 0.29) is 5.41 Å². The van der Waals surface area contributed by atoms with Gasteiger partial charge < -0.3 is 4.57 Å². The van der Waals surface area contributed by atoms with Crippen LogP contribution in [0, 0.1) is 0 Å². The van der Waals surface area contributed by atoms with Gasteiger partial charge >= 0.3 is 0 Å². The van der Waals surface area contributed by atoms with E-state index >= 15 is 0 Å². The summed E-state index contributed by atoms with van der Waals surface area (Å²) in [4.78, 5) is 15.2. The second-order valence-electron chi connectivity index (χ2n) is 14.8. The van der Waals surface area contributed by atoms with Crippen LogP contribution in [0.2, 0.25) is 0 Å². The van der Waals surface area contributed by atoms with Crippen LogP contribution in [0.1, 0.15) is 25.0 Å². The number of nitrogens with zero attached hydrogens (tertiary/aromatic N) is 3. The summed E-state index contributed by atoms with van der Waals surface area (Å²) in [6.45, 7) is 8.32. The number of rotatable bonds is 6. The Morgan fingerprint density at radius 2 is 1.00 bits per heavy atom. The molecule has 1 heterocycles. The maximum absolute atomic E-state index is 13.0. The quantitative estimate of drug-likeness (QED) is 0.162. The van der Waals surface area contributed by atoms with Gasteiger partial charge in [-0.05, 0) is 92.9 Å². The molecule has 0 saturated carbocycles. The summed E-state index contributed by atoms with van der Waals surface area (Å²) in [7, 11) is -2.42. The van der Waals surface area contributed by atoms with Gasteiger partial charge in [0.05, 0.1) is 0 Å². The van der Waals surface area contributed by atoms with Gasteiger partial charge in [0, 0.05) is 27.4 Å². The molecule has 0 spiro atoms. The number of aromatic nitrogens is 3. The fourth-order valence-electron chi connectivity index (χ4n) is 7.91. The predicted molar refractivity (Wildman–Crippen MR) is 221 cm³/mol. The zero-order chi connectivity index (χ0) is 36.3. The van der Waals surface area contributed by atoms with Crippen molar-refractivity contribution in [1.82, 2.24) is 15.0 Å². The summed E-state index contributed by atoms with van der Waals surface area (Å²) in [5, 5.41) is 3.35. The highest BCUT2D eigenvalue weighted by atomic mass is 31.2. The van der Waals surface area contributed by atoms with Gasteiger partial charge in [-0.2, -0.15) is 0 Å². The van der Waals surface area contributed by atoms with Crippen LogP contribution in [0.5, 0.6) is 0 Å². The second kappa shape index (κ2) is 12.6. The molecular weight excluding hydrogens is 666 g/mol. The van der Waals surface area contributed by atoms with Crippen LogP contribution >= 0.6 is 7.14 Å². The Hall–Kier alpha value is -5.96. The largest absolute Gasteiger partial charge is 0.319 e. The molecule has 8 aromatic rings. The highest BCUT2D eigenvalue weighted by Crippen LogP contribution is 2.55. The molecule has 0 atom stereocenters. The van der Waals surface area contributed by atoms with E-state index in [9.17, 15) is 4.57 Å². The van der Waals surface area contributed by atoms with Crippen LogP contribution in [0.15, 0.2) is 158 Å². The summed E-state index contributed by atoms with van der Waals surface area (Å²) in [5.74, 6) is 1.84. The first kappa shape index (κ1) is 32.9. The SMILES string of the molecule is CC1(C)c2ccccc2-c2c(-c3cc(-c4ccc(P(C)(C)=O)cc4)cc(-c4nc(-c5ccccc5)nc(-c5ccccc5)n4)c3)cc3ccccc3c21. The zero-order valence-corrected chi connectivity index (χ0v) is 31.1. The first-order valence-corrected chi connectivity index (χ1v) is 20.6. The van der Waals surface area contributed by atoms with Crippen molar-refractivity contribution in [2.24, 2.45) is 0 Å². The summed E-state index contributed by atoms with van der Waals surface area (Å²) < 4.78 is 13.0. The smallest absolute Gasteiger partial charge is 0.164 e. The highest BCUT2D eigenvalue weighted by molar-refractivity contribution is 7.70. The summed E-state index contributed by atoms with van der Waals surface area (Å²) in [6, 6.07) is 55.0. The zero-order valence-electron chi connectivity index (χ0n) is 30.2. The molecule has 5 heteroatoms. The Kier molecular flexibility index (Phi) is 7.83. The van der Waals surface area contributed by atoms with E-state index in [1.807, 2.05) is 86.1 Å². The lowest BCUT2D eigenvalue weighted by Gasteiger charge is -2.24. The predicted octanol–water partition coefficient (Wildman–Crippen LogP) is 11.9. The number of benzene rings is 7. The van der Waals surface area contributed by atoms with Crippen LogP contribution in [0.25, 0.3) is 78.3 Å². The number of fused-ring (bicyclic) bond motifs is 5. The minimum atomic E-state index is -2.42. The lowest BCUT2D eigenvalue weighted by Crippen LogP contribution is -2.15. The Bertz CT molecular complexity index is 2680. The molecule has 7 aromatic carbocycles. The number of hydrogen-bond acceptors (Lipinski definition) is 4. The van der Waals surface area contributed by atoms with E-state index in [0.717, 1.165) is 38.7 Å². The van der Waals surface area contributed by atoms with E-state index in [1.165, 1.54) is 38.6 Å². The molecule has 0 aliphatic heterocycles. The first-order chi connectivity index (χ1) is 25.6. The highest BCUT2D eigenvalue weighted by Gasteiger charge is 2.38. The lowest BCUT2D eigenvalue weighted by molar-refractivity contribution is 0.588. The molecule has 1 aliphatic rings. The third-order valence-corrected chi connectivity index (χ3v) is 12.1. The molecule has 0 N–H and O–H groups in total. The molecule has 4 nitrogen and oxygen atoms in total. The molecule has 0 radical (unpaired) electrons. The molecule has 0 amide bonds. The van der Waals surface area contributed by atoms with Gasteiger partial charge in [0.25, 0.3) is 0 Å². The van der Waals surface area contributed by atoms with E-state index < -0.39 is 7.14 Å². The van der Waals surface area contributed by atoms with Gasteiger partial charge in [0.15, 0.2) is 17.5 Å². The maximum Gasteiger partial charge on any atom is 0.164 e. The van der Waals surface area contributed by atoms with Gasteiger partial charge in [-0.1, -0.05) is 147 Å². The molecule has 1 aliphatic carbocycles. The van der Waals surface area contributed by atoms with Crippen molar-refractivity contribution in [1.29, 1.82) is 0 Å². The van der Waals surface area contributed by atoms with Gasteiger partial charge in [-0.3, -0.25) is 0 Å². The van der Waals surface area contributed by atoms with Crippen molar-refractivity contribution in [2.45, 2.75) is 19.3 Å². The third kappa shape index (κ3) is 5.80. The van der Waals surface area contributed by atoms with Gasteiger partial charge in [-0.15, -0.1) is 0 Å². The van der Waals surface area contributed by atoms with Crippen molar-refractivity contribution in [3.63, 3.8) is 0 Å². The van der Waals surface area contributed by atoms with Crippen LogP contribution in [-0.2, 0) is 9.98 Å². The molecule has 0 fully saturated rings. The van der Waals surface area contributed by atoms with Crippen LogP contribution in [0.3, 0.4) is 0 Å². The minimum absolute atomic E-state index is 0.185. The Morgan fingerprint density at radius 1 is 0.472 bits per heavy atom. The average Bonchev–Trinajstić information content (AvgIpc) is 3.44. The Labute approximate surface area is 310 Å². The van der Waals surface area contributed by atoms with Crippen molar-refractivity contribution in [2.75, 3.05) is 13.3 Å². The normalized spacial score (nSPS) is 13.1. The number of hydrogen-bond donors (Lipinski definition) is 0. The molecule has 256 valence electrons. The fourth-order valence-corrected chi connectivity index (χ4v) is 8.78. The average molecular weight is 704 g/mol.